The van der Waals surface area contributed by atoms with Gasteiger partial charge in [-0.15, -0.1) is 0 Å². The van der Waals surface area contributed by atoms with Gasteiger partial charge in [0.15, 0.2) is 0 Å². The van der Waals surface area contributed by atoms with E-state index in [-0.39, 0.29) is 31.2 Å². The van der Waals surface area contributed by atoms with Gasteiger partial charge in [-0.1, -0.05) is 30.3 Å². The van der Waals surface area contributed by atoms with Crippen LogP contribution in [0.3, 0.4) is 0 Å². The van der Waals surface area contributed by atoms with Gasteiger partial charge < -0.3 is 25.3 Å². The van der Waals surface area contributed by atoms with Crippen LogP contribution in [0.1, 0.15) is 42.6 Å². The molecule has 0 saturated heterocycles. The van der Waals surface area contributed by atoms with E-state index in [1.807, 2.05) is 13.8 Å². The van der Waals surface area contributed by atoms with Gasteiger partial charge in [0.25, 0.3) is 11.8 Å². The third-order valence-electron chi connectivity index (χ3n) is 3.93. The van der Waals surface area contributed by atoms with Crippen LogP contribution < -0.4 is 20.5 Å². The van der Waals surface area contributed by atoms with Gasteiger partial charge in [0.1, 0.15) is 11.4 Å². The molecular formula is C23H25N2O5-. The van der Waals surface area contributed by atoms with Crippen LogP contribution in [0.4, 0.5) is 0 Å². The highest BCUT2D eigenvalue weighted by Gasteiger charge is 2.14. The van der Waals surface area contributed by atoms with E-state index >= 15 is 0 Å². The first-order chi connectivity index (χ1) is 14.3. The highest BCUT2D eigenvalue weighted by molar-refractivity contribution is 6.05. The van der Waals surface area contributed by atoms with Gasteiger partial charge in [-0.25, -0.2) is 0 Å². The lowest BCUT2D eigenvalue weighted by Gasteiger charge is -2.12. The molecule has 0 aliphatic heterocycles. The van der Waals surface area contributed by atoms with Gasteiger partial charge in [-0.3, -0.25) is 9.59 Å². The van der Waals surface area contributed by atoms with Gasteiger partial charge in [0.2, 0.25) is 0 Å². The predicted molar refractivity (Wildman–Crippen MR) is 111 cm³/mol. The summed E-state index contributed by atoms with van der Waals surface area (Å²) in [6.45, 7) is 4.00. The minimum atomic E-state index is -1.18. The highest BCUT2D eigenvalue weighted by atomic mass is 16.5. The second kappa shape index (κ2) is 11.4. The Morgan fingerprint density at radius 2 is 1.70 bits per heavy atom. The Morgan fingerprint density at radius 3 is 2.30 bits per heavy atom. The summed E-state index contributed by atoms with van der Waals surface area (Å²) in [7, 11) is 0. The fourth-order valence-corrected chi connectivity index (χ4v) is 2.55. The van der Waals surface area contributed by atoms with Crippen molar-refractivity contribution in [1.82, 2.24) is 10.6 Å². The molecule has 0 saturated carbocycles. The molecule has 0 atom stereocenters. The average molecular weight is 409 g/mol. The average Bonchev–Trinajstić information content (AvgIpc) is 2.72. The molecule has 0 unspecified atom stereocenters. The van der Waals surface area contributed by atoms with Crippen molar-refractivity contribution >= 4 is 23.9 Å². The van der Waals surface area contributed by atoms with Crippen molar-refractivity contribution < 1.29 is 24.2 Å². The molecule has 0 spiro atoms. The van der Waals surface area contributed by atoms with E-state index in [2.05, 4.69) is 10.6 Å². The number of carboxylic acid groups (broad SMARTS) is 1. The van der Waals surface area contributed by atoms with Gasteiger partial charge >= 0.3 is 0 Å². The third-order valence-corrected chi connectivity index (χ3v) is 3.93. The molecule has 7 heteroatoms. The zero-order valence-corrected chi connectivity index (χ0v) is 17.0. The van der Waals surface area contributed by atoms with E-state index in [0.717, 1.165) is 0 Å². The lowest BCUT2D eigenvalue weighted by molar-refractivity contribution is -0.305. The van der Waals surface area contributed by atoms with Crippen molar-refractivity contribution in [3.63, 3.8) is 0 Å². The summed E-state index contributed by atoms with van der Waals surface area (Å²) >= 11 is 0. The predicted octanol–water partition coefficient (Wildman–Crippen LogP) is 1.89. The normalized spacial score (nSPS) is 11.1. The number of hydrogen-bond acceptors (Lipinski definition) is 5. The molecule has 0 aromatic heterocycles. The maximum absolute atomic E-state index is 12.6. The first-order valence-electron chi connectivity index (χ1n) is 9.68. The van der Waals surface area contributed by atoms with Crippen molar-refractivity contribution in [3.05, 3.63) is 71.4 Å². The number of hydrogen-bond donors (Lipinski definition) is 2. The number of rotatable bonds is 10. The van der Waals surface area contributed by atoms with Gasteiger partial charge in [-0.2, -0.15) is 0 Å². The molecule has 0 radical (unpaired) electrons. The van der Waals surface area contributed by atoms with Gasteiger partial charge in [0, 0.05) is 18.1 Å². The van der Waals surface area contributed by atoms with Crippen LogP contribution in [-0.4, -0.2) is 30.4 Å². The molecule has 2 aromatic carbocycles. The van der Waals surface area contributed by atoms with Crippen molar-refractivity contribution in [2.45, 2.75) is 32.8 Å². The van der Waals surface area contributed by atoms with E-state index in [1.54, 1.807) is 60.7 Å². The second-order valence-electron chi connectivity index (χ2n) is 6.85. The Morgan fingerprint density at radius 1 is 1.03 bits per heavy atom. The monoisotopic (exact) mass is 409 g/mol. The first kappa shape index (κ1) is 22.7. The van der Waals surface area contributed by atoms with Crippen molar-refractivity contribution in [2.75, 3.05) is 6.54 Å². The van der Waals surface area contributed by atoms with E-state index in [0.29, 0.717) is 16.9 Å². The summed E-state index contributed by atoms with van der Waals surface area (Å²) in [5, 5.41) is 15.8. The van der Waals surface area contributed by atoms with Crippen LogP contribution in [0.2, 0.25) is 0 Å². The first-order valence-corrected chi connectivity index (χ1v) is 9.68. The number of carbonyl (C=O) groups is 3. The Labute approximate surface area is 175 Å². The standard InChI is InChI=1S/C23H26N2O5/c1-16(2)30-19-12-10-17(11-13-19)15-20(23(29)24-14-6-9-21(26)27)25-22(28)18-7-4-3-5-8-18/h3-5,7-8,10-13,15-16H,6,9,14H2,1-2H3,(H,24,29)(H,25,28)(H,26,27)/p-1/b20-15-. The Balaban J connectivity index is 2.16. The molecule has 7 nitrogen and oxygen atoms in total. The van der Waals surface area contributed by atoms with Crippen LogP contribution in [0, 0.1) is 0 Å². The molecule has 30 heavy (non-hydrogen) atoms. The fraction of sp³-hybridized carbons (Fsp3) is 0.261. The van der Waals surface area contributed by atoms with Gasteiger partial charge in [-0.05, 0) is 62.6 Å². The maximum atomic E-state index is 12.6. The Hall–Kier alpha value is -3.61. The Bertz CT molecular complexity index is 890. The zero-order valence-electron chi connectivity index (χ0n) is 17.0. The SMILES string of the molecule is CC(C)Oc1ccc(/C=C(\NC(=O)c2ccccc2)C(=O)NCCCC(=O)[O-])cc1. The zero-order chi connectivity index (χ0) is 21.9. The number of nitrogens with one attached hydrogen (secondary N) is 2. The minimum Gasteiger partial charge on any atom is -0.550 e. The van der Waals surface area contributed by atoms with Gasteiger partial charge in [0.05, 0.1) is 6.10 Å². The summed E-state index contributed by atoms with van der Waals surface area (Å²) in [5.41, 5.74) is 1.16. The van der Waals surface area contributed by atoms with Crippen molar-refractivity contribution in [2.24, 2.45) is 0 Å². The summed E-state index contributed by atoms with van der Waals surface area (Å²) in [5.74, 6) is -1.42. The summed E-state index contributed by atoms with van der Waals surface area (Å²) in [4.78, 5) is 35.6. The van der Waals surface area contributed by atoms with E-state index in [9.17, 15) is 19.5 Å². The molecule has 2 rings (SSSR count). The van der Waals surface area contributed by atoms with Crippen molar-refractivity contribution in [3.8, 4) is 5.75 Å². The minimum absolute atomic E-state index is 0.0406. The lowest BCUT2D eigenvalue weighted by Crippen LogP contribution is -2.35. The van der Waals surface area contributed by atoms with Crippen LogP contribution in [0.15, 0.2) is 60.3 Å². The molecule has 0 aliphatic carbocycles. The molecule has 2 amide bonds. The molecule has 0 fully saturated rings. The summed E-state index contributed by atoms with van der Waals surface area (Å²) in [6, 6.07) is 15.6. The molecule has 0 bridgehead atoms. The summed E-state index contributed by atoms with van der Waals surface area (Å²) in [6.07, 6.45) is 1.66. The van der Waals surface area contributed by atoms with Crippen LogP contribution in [0.5, 0.6) is 5.75 Å². The number of ether oxygens (including phenoxy) is 1. The Kier molecular flexibility index (Phi) is 8.62. The van der Waals surface area contributed by atoms with Crippen LogP contribution >= 0.6 is 0 Å². The molecule has 0 aliphatic rings. The molecule has 2 aromatic rings. The maximum Gasteiger partial charge on any atom is 0.267 e. The number of benzene rings is 2. The van der Waals surface area contributed by atoms with E-state index < -0.39 is 17.8 Å². The third kappa shape index (κ3) is 7.79. The lowest BCUT2D eigenvalue weighted by atomic mass is 10.1. The van der Waals surface area contributed by atoms with E-state index in [1.165, 1.54) is 0 Å². The second-order valence-corrected chi connectivity index (χ2v) is 6.85. The number of amides is 2. The summed E-state index contributed by atoms with van der Waals surface area (Å²) < 4.78 is 5.61. The smallest absolute Gasteiger partial charge is 0.267 e. The number of aliphatic carboxylic acids is 1. The quantitative estimate of drug-likeness (QED) is 0.460. The highest BCUT2D eigenvalue weighted by Crippen LogP contribution is 2.16. The molecule has 158 valence electrons. The van der Waals surface area contributed by atoms with E-state index in [4.69, 9.17) is 4.74 Å². The number of carboxylic acids is 1. The molecular weight excluding hydrogens is 384 g/mol. The molecule has 0 heterocycles. The largest absolute Gasteiger partial charge is 0.550 e. The fourth-order valence-electron chi connectivity index (χ4n) is 2.55. The topological polar surface area (TPSA) is 108 Å². The molecule has 2 N–H and O–H groups in total. The van der Waals surface area contributed by atoms with Crippen molar-refractivity contribution in [1.29, 1.82) is 0 Å². The number of carbonyl (C=O) groups excluding carboxylic acids is 3. The van der Waals surface area contributed by atoms with Crippen LogP contribution in [-0.2, 0) is 9.59 Å². The van der Waals surface area contributed by atoms with Crippen LogP contribution in [0.25, 0.3) is 6.08 Å².